The second kappa shape index (κ2) is 6.96. The zero-order valence-corrected chi connectivity index (χ0v) is 16.3. The van der Waals surface area contributed by atoms with Crippen LogP contribution >= 0.6 is 0 Å². The van der Waals surface area contributed by atoms with Gasteiger partial charge >= 0.3 is 0 Å². The normalized spacial score (nSPS) is 33.0. The lowest BCUT2D eigenvalue weighted by Crippen LogP contribution is -2.55. The zero-order chi connectivity index (χ0) is 18.2. The first-order valence-corrected chi connectivity index (χ1v) is 10.2. The second-order valence-corrected chi connectivity index (χ2v) is 8.97. The van der Waals surface area contributed by atoms with Crippen LogP contribution in [0.4, 0.5) is 0 Å². The third-order valence-electron chi connectivity index (χ3n) is 7.20. The number of hydrogen-bond acceptors (Lipinski definition) is 4. The maximum absolute atomic E-state index is 9.18. The molecule has 0 atom stereocenters. The Bertz CT molecular complexity index is 650. The largest absolute Gasteiger partial charge is 0.300 e. The van der Waals surface area contributed by atoms with Crippen molar-refractivity contribution in [2.75, 3.05) is 40.4 Å². The third kappa shape index (κ3) is 3.17. The van der Waals surface area contributed by atoms with Crippen LogP contribution in [-0.4, -0.2) is 60.6 Å². The molecular weight excluding hydrogens is 320 g/mol. The Morgan fingerprint density at radius 1 is 1.12 bits per heavy atom. The monoisotopic (exact) mass is 352 g/mol. The van der Waals surface area contributed by atoms with E-state index in [9.17, 15) is 5.26 Å². The Hall–Kier alpha value is -1.41. The summed E-state index contributed by atoms with van der Waals surface area (Å²) in [4.78, 5) is 7.56. The lowest BCUT2D eigenvalue weighted by Gasteiger charge is -2.51. The molecule has 1 heterocycles. The van der Waals surface area contributed by atoms with Gasteiger partial charge in [0.2, 0.25) is 0 Å². The van der Waals surface area contributed by atoms with Gasteiger partial charge in [-0.15, -0.1) is 0 Å². The molecule has 4 rings (SSSR count). The van der Waals surface area contributed by atoms with Crippen molar-refractivity contribution >= 4 is 0 Å². The van der Waals surface area contributed by atoms with Crippen molar-refractivity contribution in [2.24, 2.45) is 5.92 Å². The van der Waals surface area contributed by atoms with Crippen LogP contribution in [0.5, 0.6) is 0 Å². The van der Waals surface area contributed by atoms with Crippen molar-refractivity contribution in [3.63, 3.8) is 0 Å². The van der Waals surface area contributed by atoms with Crippen LogP contribution in [0.2, 0.25) is 0 Å². The van der Waals surface area contributed by atoms with Gasteiger partial charge in [0, 0.05) is 24.2 Å². The topological polar surface area (TPSA) is 33.5 Å². The van der Waals surface area contributed by atoms with Gasteiger partial charge in [-0.1, -0.05) is 30.3 Å². The summed E-state index contributed by atoms with van der Waals surface area (Å²) in [5, 5.41) is 9.18. The Kier molecular flexibility index (Phi) is 4.81. The highest BCUT2D eigenvalue weighted by atomic mass is 15.4. The maximum atomic E-state index is 9.18. The average molecular weight is 353 g/mol. The molecule has 26 heavy (non-hydrogen) atoms. The molecule has 1 spiro atoms. The van der Waals surface area contributed by atoms with Crippen LogP contribution in [0, 0.1) is 17.2 Å². The van der Waals surface area contributed by atoms with Gasteiger partial charge in [0.25, 0.3) is 0 Å². The van der Waals surface area contributed by atoms with Crippen LogP contribution in [-0.2, 0) is 5.54 Å². The highest BCUT2D eigenvalue weighted by molar-refractivity contribution is 5.26. The van der Waals surface area contributed by atoms with Gasteiger partial charge in [0.15, 0.2) is 0 Å². The number of rotatable bonds is 5. The molecule has 0 bridgehead atoms. The van der Waals surface area contributed by atoms with Gasteiger partial charge in [-0.2, -0.15) is 5.26 Å². The first-order chi connectivity index (χ1) is 12.6. The van der Waals surface area contributed by atoms with Crippen LogP contribution in [0.15, 0.2) is 30.3 Å². The highest BCUT2D eigenvalue weighted by Crippen LogP contribution is 2.49. The summed E-state index contributed by atoms with van der Waals surface area (Å²) in [7, 11) is 4.48. The molecule has 0 amide bonds. The lowest BCUT2D eigenvalue weighted by atomic mass is 9.68. The predicted molar refractivity (Wildman–Crippen MR) is 104 cm³/mol. The summed E-state index contributed by atoms with van der Waals surface area (Å²) >= 11 is 0. The molecule has 3 fully saturated rings. The van der Waals surface area contributed by atoms with Crippen molar-refractivity contribution in [1.82, 2.24) is 14.7 Å². The lowest BCUT2D eigenvalue weighted by molar-refractivity contribution is 0.0142. The molecule has 1 aliphatic heterocycles. The zero-order valence-electron chi connectivity index (χ0n) is 16.3. The maximum Gasteiger partial charge on any atom is 0.0876 e. The highest BCUT2D eigenvalue weighted by Gasteiger charge is 2.51. The molecule has 3 aliphatic rings. The Labute approximate surface area is 158 Å². The van der Waals surface area contributed by atoms with E-state index in [0.717, 1.165) is 19.1 Å². The molecule has 2 aliphatic carbocycles. The van der Waals surface area contributed by atoms with Gasteiger partial charge in [-0.3, -0.25) is 14.7 Å². The minimum absolute atomic E-state index is 0.153. The smallest absolute Gasteiger partial charge is 0.0876 e. The summed E-state index contributed by atoms with van der Waals surface area (Å²) in [6.07, 6.45) is 7.66. The van der Waals surface area contributed by atoms with Gasteiger partial charge in [0.05, 0.1) is 19.3 Å². The minimum atomic E-state index is 0.153. The van der Waals surface area contributed by atoms with E-state index < -0.39 is 0 Å². The summed E-state index contributed by atoms with van der Waals surface area (Å²) in [5.41, 5.74) is 1.90. The van der Waals surface area contributed by atoms with E-state index >= 15 is 0 Å². The second-order valence-electron chi connectivity index (χ2n) is 8.97. The summed E-state index contributed by atoms with van der Waals surface area (Å²) in [6.45, 7) is 3.87. The molecule has 0 unspecified atom stereocenters. The molecule has 0 radical (unpaired) electrons. The van der Waals surface area contributed by atoms with E-state index in [2.05, 4.69) is 65.2 Å². The molecule has 1 aromatic rings. The standard InChI is InChI=1S/C22H32N4/c1-24(2)22(20-6-4-3-5-7-20)12-10-21(11-13-22)17-25(15-14-23)18-26(21)16-19-8-9-19/h3-7,19H,8-13,15-18H2,1-2H3/t21-,22+. The molecule has 4 heteroatoms. The van der Waals surface area contributed by atoms with Crippen molar-refractivity contribution < 1.29 is 0 Å². The van der Waals surface area contributed by atoms with Crippen LogP contribution < -0.4 is 0 Å². The van der Waals surface area contributed by atoms with Gasteiger partial charge in [0.1, 0.15) is 0 Å². The van der Waals surface area contributed by atoms with E-state index in [4.69, 9.17) is 0 Å². The molecule has 1 saturated heterocycles. The molecule has 0 N–H and O–H groups in total. The number of nitriles is 1. The number of benzene rings is 1. The van der Waals surface area contributed by atoms with Crippen LogP contribution in [0.25, 0.3) is 0 Å². The molecular formula is C22H32N4. The van der Waals surface area contributed by atoms with Gasteiger partial charge < -0.3 is 0 Å². The summed E-state index contributed by atoms with van der Waals surface area (Å²) < 4.78 is 0. The van der Waals surface area contributed by atoms with Crippen molar-refractivity contribution in [3.05, 3.63) is 35.9 Å². The molecule has 140 valence electrons. The average Bonchev–Trinajstić information content (AvgIpc) is 3.41. The predicted octanol–water partition coefficient (Wildman–Crippen LogP) is 3.26. The van der Waals surface area contributed by atoms with E-state index in [1.807, 2.05) is 0 Å². The Morgan fingerprint density at radius 2 is 1.81 bits per heavy atom. The van der Waals surface area contributed by atoms with Crippen molar-refractivity contribution in [2.45, 2.75) is 49.6 Å². The van der Waals surface area contributed by atoms with E-state index in [0.29, 0.717) is 6.54 Å². The van der Waals surface area contributed by atoms with Crippen molar-refractivity contribution in [1.29, 1.82) is 5.26 Å². The van der Waals surface area contributed by atoms with Gasteiger partial charge in [-0.25, -0.2) is 0 Å². The van der Waals surface area contributed by atoms with E-state index in [1.165, 1.54) is 50.6 Å². The summed E-state index contributed by atoms with van der Waals surface area (Å²) in [5.74, 6) is 0.906. The molecule has 1 aromatic carbocycles. The van der Waals surface area contributed by atoms with Crippen molar-refractivity contribution in [3.8, 4) is 6.07 Å². The minimum Gasteiger partial charge on any atom is -0.300 e. The first kappa shape index (κ1) is 18.0. The SMILES string of the molecule is CN(C)[C@]1(c2ccccc2)CC[C@]2(CC1)CN(CC#N)CN2CC1CC1. The fourth-order valence-electron chi connectivity index (χ4n) is 5.37. The fourth-order valence-corrected chi connectivity index (χ4v) is 5.37. The fraction of sp³-hybridized carbons (Fsp3) is 0.682. The summed E-state index contributed by atoms with van der Waals surface area (Å²) in [6, 6.07) is 13.4. The van der Waals surface area contributed by atoms with E-state index in [-0.39, 0.29) is 11.1 Å². The van der Waals surface area contributed by atoms with Crippen LogP contribution in [0.1, 0.15) is 44.1 Å². The van der Waals surface area contributed by atoms with E-state index in [1.54, 1.807) is 0 Å². The quantitative estimate of drug-likeness (QED) is 0.762. The Morgan fingerprint density at radius 3 is 2.38 bits per heavy atom. The van der Waals surface area contributed by atoms with Gasteiger partial charge in [-0.05, 0) is 64.1 Å². The number of hydrogen-bond donors (Lipinski definition) is 0. The molecule has 2 saturated carbocycles. The Balaban J connectivity index is 1.55. The number of nitrogens with zero attached hydrogens (tertiary/aromatic N) is 4. The molecule has 4 nitrogen and oxygen atoms in total. The molecule has 0 aromatic heterocycles. The first-order valence-electron chi connectivity index (χ1n) is 10.2. The van der Waals surface area contributed by atoms with Crippen LogP contribution in [0.3, 0.4) is 0 Å². The third-order valence-corrected chi connectivity index (χ3v) is 7.20.